The van der Waals surface area contributed by atoms with Crippen molar-refractivity contribution in [2.75, 3.05) is 27.3 Å². The molecule has 0 amide bonds. The zero-order valence-corrected chi connectivity index (χ0v) is 19.2. The monoisotopic (exact) mass is 479 g/mol. The number of halogens is 2. The van der Waals surface area contributed by atoms with E-state index < -0.39 is 23.1 Å². The fourth-order valence-corrected chi connectivity index (χ4v) is 4.21. The van der Waals surface area contributed by atoms with E-state index in [1.807, 2.05) is 6.07 Å². The highest BCUT2D eigenvalue weighted by atomic mass is 19.1. The number of nitrogens with one attached hydrogen (secondary N) is 1. The van der Waals surface area contributed by atoms with E-state index >= 15 is 0 Å². The summed E-state index contributed by atoms with van der Waals surface area (Å²) in [6, 6.07) is 2.87. The van der Waals surface area contributed by atoms with Crippen LogP contribution in [0, 0.1) is 23.5 Å². The molecule has 0 spiro atoms. The van der Waals surface area contributed by atoms with Gasteiger partial charge in [-0.2, -0.15) is 10.2 Å². The smallest absolute Gasteiger partial charge is 0.282 e. The first-order chi connectivity index (χ1) is 16.9. The highest BCUT2D eigenvalue weighted by Crippen LogP contribution is 2.37. The van der Waals surface area contributed by atoms with Gasteiger partial charge in [-0.1, -0.05) is 5.92 Å². The number of fused-ring (bicyclic) bond motifs is 1. The Labute approximate surface area is 199 Å². The number of hydrogen-bond donors (Lipinski definition) is 1. The van der Waals surface area contributed by atoms with Gasteiger partial charge in [-0.05, 0) is 25.0 Å². The Bertz CT molecular complexity index is 1470. The van der Waals surface area contributed by atoms with Gasteiger partial charge in [0.25, 0.3) is 5.88 Å². The summed E-state index contributed by atoms with van der Waals surface area (Å²) in [5, 5.41) is 25.4. The lowest BCUT2D eigenvalue weighted by molar-refractivity contribution is 0.343. The highest BCUT2D eigenvalue weighted by molar-refractivity contribution is 5.98. The molecule has 0 unspecified atom stereocenters. The average Bonchev–Trinajstić information content (AvgIpc) is 3.60. The number of aryl methyl sites for hydroxylation is 1. The third kappa shape index (κ3) is 3.81. The number of ether oxygens (including phenoxy) is 2. The summed E-state index contributed by atoms with van der Waals surface area (Å²) in [5.41, 5.74) is 1.29. The summed E-state index contributed by atoms with van der Waals surface area (Å²) in [4.78, 5) is 4.01. The molecule has 35 heavy (non-hydrogen) atoms. The maximum absolute atomic E-state index is 14.8. The van der Waals surface area contributed by atoms with E-state index in [0.29, 0.717) is 23.3 Å². The number of rotatable bonds is 4. The molecule has 1 atom stereocenters. The van der Waals surface area contributed by atoms with E-state index in [4.69, 9.17) is 9.47 Å². The molecular weight excluding hydrogens is 458 g/mol. The van der Waals surface area contributed by atoms with Crippen molar-refractivity contribution in [2.45, 2.75) is 12.5 Å². The van der Waals surface area contributed by atoms with E-state index in [2.05, 4.69) is 32.3 Å². The Morgan fingerprint density at radius 2 is 1.89 bits per heavy atom. The van der Waals surface area contributed by atoms with E-state index in [-0.39, 0.29) is 28.6 Å². The largest absolute Gasteiger partial charge is 0.493 e. The average molecular weight is 479 g/mol. The van der Waals surface area contributed by atoms with Gasteiger partial charge < -0.3 is 14.8 Å². The first-order valence-corrected chi connectivity index (χ1v) is 10.8. The second kappa shape index (κ2) is 8.88. The van der Waals surface area contributed by atoms with Crippen LogP contribution in [0.5, 0.6) is 17.4 Å². The van der Waals surface area contributed by atoms with Crippen molar-refractivity contribution < 1.29 is 23.4 Å². The number of pyridine rings is 1. The predicted octanol–water partition coefficient (Wildman–Crippen LogP) is 3.21. The Balaban J connectivity index is 1.75. The summed E-state index contributed by atoms with van der Waals surface area (Å²) in [7, 11) is 4.30. The Morgan fingerprint density at radius 1 is 1.14 bits per heavy atom. The van der Waals surface area contributed by atoms with Crippen molar-refractivity contribution in [3.8, 4) is 40.5 Å². The van der Waals surface area contributed by atoms with Crippen LogP contribution in [0.3, 0.4) is 0 Å². The molecule has 1 aliphatic rings. The standard InChI is InChI=1S/C24H21F2N6O3/c1-31-9-7-16(29-31)15-12-28-24(33)20-17(30-32(23(15)20)13-6-8-27-11-13)5-4-14-21(25)18(34-2)10-19(35-3)22(14)26/h7,9-10,12-13,27H,6,8,11H2,1-3H3/t13-/m0/s1. The topological polar surface area (TPSA) is 98.9 Å². The van der Waals surface area contributed by atoms with Gasteiger partial charge in [-0.15, -0.1) is 0 Å². The highest BCUT2D eigenvalue weighted by Gasteiger charge is 2.27. The van der Waals surface area contributed by atoms with Gasteiger partial charge in [0.05, 0.1) is 31.5 Å². The van der Waals surface area contributed by atoms with Crippen molar-refractivity contribution in [1.82, 2.24) is 29.9 Å². The lowest BCUT2D eigenvalue weighted by Crippen LogP contribution is -2.15. The maximum Gasteiger partial charge on any atom is 0.282 e. The first kappa shape index (κ1) is 22.6. The molecule has 0 bridgehead atoms. The molecule has 0 saturated carbocycles. The molecule has 0 aliphatic carbocycles. The summed E-state index contributed by atoms with van der Waals surface area (Å²) >= 11 is 0. The number of nitrogens with zero attached hydrogens (tertiary/aromatic N) is 5. The van der Waals surface area contributed by atoms with E-state index in [1.54, 1.807) is 22.6 Å². The quantitative estimate of drug-likeness (QED) is 0.452. The van der Waals surface area contributed by atoms with Crippen LogP contribution in [0.1, 0.15) is 23.7 Å². The van der Waals surface area contributed by atoms with Crippen LogP contribution in [-0.2, 0) is 12.2 Å². The molecule has 5 rings (SSSR count). The van der Waals surface area contributed by atoms with Crippen molar-refractivity contribution in [3.63, 3.8) is 0 Å². The van der Waals surface area contributed by atoms with Gasteiger partial charge in [0, 0.05) is 37.6 Å². The summed E-state index contributed by atoms with van der Waals surface area (Å²) in [6.07, 6.45) is 4.04. The Kier molecular flexibility index (Phi) is 5.74. The molecule has 1 fully saturated rings. The third-order valence-electron chi connectivity index (χ3n) is 5.94. The molecule has 1 saturated heterocycles. The summed E-state index contributed by atoms with van der Waals surface area (Å²) in [6.45, 7) is 1.44. The SMILES string of the molecule is COc1cc(OC)c(F)c(C#Cc2nn([C@H]3CCNC3)c3c(-c4ccn(C)n4)cnc([O])c23)c1F. The third-order valence-corrected chi connectivity index (χ3v) is 5.94. The van der Waals surface area contributed by atoms with Crippen LogP contribution < -0.4 is 14.8 Å². The Morgan fingerprint density at radius 3 is 2.49 bits per heavy atom. The number of hydrogen-bond acceptors (Lipinski definition) is 6. The van der Waals surface area contributed by atoms with Crippen LogP contribution in [0.15, 0.2) is 24.5 Å². The van der Waals surface area contributed by atoms with Crippen LogP contribution in [-0.4, -0.2) is 51.9 Å². The zero-order valence-electron chi connectivity index (χ0n) is 19.2. The Hall–Kier alpha value is -4.17. The van der Waals surface area contributed by atoms with Gasteiger partial charge >= 0.3 is 0 Å². The van der Waals surface area contributed by atoms with Crippen molar-refractivity contribution in [1.29, 1.82) is 0 Å². The molecular formula is C24H21F2N6O3. The molecule has 4 aromatic rings. The number of benzene rings is 1. The number of aromatic nitrogens is 5. The molecule has 1 aromatic carbocycles. The predicted molar refractivity (Wildman–Crippen MR) is 122 cm³/mol. The van der Waals surface area contributed by atoms with Crippen molar-refractivity contribution in [2.24, 2.45) is 7.05 Å². The normalized spacial score (nSPS) is 15.3. The lowest BCUT2D eigenvalue weighted by atomic mass is 10.1. The zero-order chi connectivity index (χ0) is 24.7. The van der Waals surface area contributed by atoms with E-state index in [9.17, 15) is 13.9 Å². The van der Waals surface area contributed by atoms with Crippen LogP contribution >= 0.6 is 0 Å². The molecule has 1 radical (unpaired) electrons. The fraction of sp³-hybridized carbons (Fsp3) is 0.292. The van der Waals surface area contributed by atoms with Gasteiger partial charge in [-0.3, -0.25) is 14.5 Å². The van der Waals surface area contributed by atoms with Crippen LogP contribution in [0.2, 0.25) is 0 Å². The minimum absolute atomic E-state index is 0.0392. The van der Waals surface area contributed by atoms with Gasteiger partial charge in [0.15, 0.2) is 23.1 Å². The summed E-state index contributed by atoms with van der Waals surface area (Å²) in [5.74, 6) is 2.27. The number of methoxy groups -OCH3 is 2. The van der Waals surface area contributed by atoms with Crippen LogP contribution in [0.4, 0.5) is 8.78 Å². The molecule has 4 heterocycles. The second-order valence-corrected chi connectivity index (χ2v) is 8.05. The molecule has 11 heteroatoms. The van der Waals surface area contributed by atoms with Crippen molar-refractivity contribution >= 4 is 10.9 Å². The van der Waals surface area contributed by atoms with Crippen LogP contribution in [0.25, 0.3) is 22.2 Å². The molecule has 9 nitrogen and oxygen atoms in total. The molecule has 1 N–H and O–H groups in total. The minimum atomic E-state index is -0.975. The molecule has 3 aromatic heterocycles. The van der Waals surface area contributed by atoms with Gasteiger partial charge in [0.2, 0.25) is 0 Å². The van der Waals surface area contributed by atoms with Crippen molar-refractivity contribution in [3.05, 3.63) is 47.4 Å². The summed E-state index contributed by atoms with van der Waals surface area (Å²) < 4.78 is 43.0. The lowest BCUT2D eigenvalue weighted by Gasteiger charge is -2.12. The van der Waals surface area contributed by atoms with Gasteiger partial charge in [-0.25, -0.2) is 13.8 Å². The molecule has 1 aliphatic heterocycles. The van der Waals surface area contributed by atoms with E-state index in [0.717, 1.165) is 19.0 Å². The second-order valence-electron chi connectivity index (χ2n) is 8.05. The van der Waals surface area contributed by atoms with E-state index in [1.165, 1.54) is 20.4 Å². The molecule has 179 valence electrons. The fourth-order valence-electron chi connectivity index (χ4n) is 4.21. The first-order valence-electron chi connectivity index (χ1n) is 10.8. The van der Waals surface area contributed by atoms with Gasteiger partial charge in [0.1, 0.15) is 16.6 Å². The maximum atomic E-state index is 14.8. The minimum Gasteiger partial charge on any atom is -0.493 e.